The van der Waals surface area contributed by atoms with Crippen molar-refractivity contribution in [1.29, 1.82) is 0 Å². The largest absolute Gasteiger partial charge is 0.573 e. The molecule has 3 aromatic rings. The van der Waals surface area contributed by atoms with Crippen LogP contribution in [-0.4, -0.2) is 43.1 Å². The lowest BCUT2D eigenvalue weighted by Crippen LogP contribution is -2.33. The summed E-state index contributed by atoms with van der Waals surface area (Å²) in [4.78, 5) is 21.7. The zero-order valence-electron chi connectivity index (χ0n) is 16.5. The molecule has 1 N–H and O–H groups in total. The number of Topliss-reactive ketones (excluding diaryl/α,β-unsaturated/α-hetero) is 1. The van der Waals surface area contributed by atoms with E-state index in [0.29, 0.717) is 23.2 Å². The Morgan fingerprint density at radius 1 is 1.19 bits per heavy atom. The van der Waals surface area contributed by atoms with E-state index in [1.54, 1.807) is 24.1 Å². The first-order valence-electron chi connectivity index (χ1n) is 9.63. The molecule has 2 atom stereocenters. The molecule has 2 heterocycles. The summed E-state index contributed by atoms with van der Waals surface area (Å²) in [6.45, 7) is 0. The maximum atomic E-state index is 12.8. The number of benzene rings is 1. The van der Waals surface area contributed by atoms with Gasteiger partial charge in [0.05, 0.1) is 23.6 Å². The van der Waals surface area contributed by atoms with Gasteiger partial charge in [0.15, 0.2) is 11.6 Å². The van der Waals surface area contributed by atoms with Crippen molar-refractivity contribution in [2.75, 3.05) is 0 Å². The summed E-state index contributed by atoms with van der Waals surface area (Å²) < 4.78 is 42.7. The quantitative estimate of drug-likeness (QED) is 0.596. The molecule has 0 radical (unpaired) electrons. The highest BCUT2D eigenvalue weighted by Crippen LogP contribution is 2.32. The number of ketones is 1. The second-order valence-corrected chi connectivity index (χ2v) is 7.47. The van der Waals surface area contributed by atoms with E-state index >= 15 is 0 Å². The topological polar surface area (TPSA) is 90.1 Å². The van der Waals surface area contributed by atoms with Crippen LogP contribution in [0.2, 0.25) is 0 Å². The Hall–Kier alpha value is -3.27. The Bertz CT molecular complexity index is 1100. The zero-order chi connectivity index (χ0) is 22.2. The predicted molar refractivity (Wildman–Crippen MR) is 104 cm³/mol. The van der Waals surface area contributed by atoms with Crippen molar-refractivity contribution in [3.05, 3.63) is 48.4 Å². The molecule has 7 nitrogen and oxygen atoms in total. The molecule has 1 aliphatic rings. The predicted octanol–water partition coefficient (Wildman–Crippen LogP) is 3.79. The van der Waals surface area contributed by atoms with E-state index in [1.165, 1.54) is 30.3 Å². The van der Waals surface area contributed by atoms with Gasteiger partial charge in [-0.05, 0) is 49.1 Å². The average Bonchev–Trinajstić information content (AvgIpc) is 3.16. The molecule has 0 unspecified atom stereocenters. The maximum absolute atomic E-state index is 12.8. The minimum Gasteiger partial charge on any atom is -0.406 e. The first-order valence-corrected chi connectivity index (χ1v) is 9.63. The third kappa shape index (κ3) is 4.91. The molecule has 0 amide bonds. The zero-order valence-corrected chi connectivity index (χ0v) is 16.5. The number of ether oxygens (including phenoxy) is 1. The van der Waals surface area contributed by atoms with Gasteiger partial charge in [-0.1, -0.05) is 0 Å². The van der Waals surface area contributed by atoms with Crippen molar-refractivity contribution in [2.45, 2.75) is 31.7 Å². The molecule has 10 heteroatoms. The smallest absolute Gasteiger partial charge is 0.406 e. The molecule has 1 saturated carbocycles. The summed E-state index contributed by atoms with van der Waals surface area (Å²) in [6.07, 6.45) is -0.379. The van der Waals surface area contributed by atoms with Gasteiger partial charge < -0.3 is 9.84 Å². The van der Waals surface area contributed by atoms with E-state index in [-0.39, 0.29) is 35.4 Å². The summed E-state index contributed by atoms with van der Waals surface area (Å²) >= 11 is 0. The van der Waals surface area contributed by atoms with Gasteiger partial charge in [-0.3, -0.25) is 9.48 Å². The lowest BCUT2D eigenvalue weighted by molar-refractivity contribution is -0.274. The third-order valence-electron chi connectivity index (χ3n) is 5.18. The van der Waals surface area contributed by atoms with Crippen molar-refractivity contribution in [1.82, 2.24) is 19.7 Å². The van der Waals surface area contributed by atoms with Crippen molar-refractivity contribution < 1.29 is 27.8 Å². The highest BCUT2D eigenvalue weighted by atomic mass is 19.4. The lowest BCUT2D eigenvalue weighted by Gasteiger charge is -2.31. The number of halogens is 3. The van der Waals surface area contributed by atoms with Crippen LogP contribution in [0.25, 0.3) is 22.6 Å². The van der Waals surface area contributed by atoms with E-state index in [9.17, 15) is 23.1 Å². The van der Waals surface area contributed by atoms with Crippen molar-refractivity contribution in [3.8, 4) is 28.4 Å². The number of aliphatic hydroxyl groups is 1. The van der Waals surface area contributed by atoms with Gasteiger partial charge >= 0.3 is 6.36 Å². The molecule has 2 aromatic heterocycles. The van der Waals surface area contributed by atoms with Crippen LogP contribution < -0.4 is 4.74 Å². The van der Waals surface area contributed by atoms with Gasteiger partial charge in [-0.15, -0.1) is 13.2 Å². The summed E-state index contributed by atoms with van der Waals surface area (Å²) in [5, 5.41) is 13.9. The normalized spacial score (nSPS) is 18.5. The molecule has 1 aliphatic carbocycles. The molecule has 4 rings (SSSR count). The van der Waals surface area contributed by atoms with E-state index in [1.807, 2.05) is 0 Å². The first kappa shape index (κ1) is 21.0. The average molecular weight is 432 g/mol. The Morgan fingerprint density at radius 2 is 1.94 bits per heavy atom. The van der Waals surface area contributed by atoms with E-state index in [4.69, 9.17) is 0 Å². The minimum absolute atomic E-state index is 0.0911. The van der Waals surface area contributed by atoms with Crippen LogP contribution in [0.4, 0.5) is 13.2 Å². The molecule has 0 spiro atoms. The fraction of sp³-hybridized carbons (Fsp3) is 0.333. The molecule has 1 fully saturated rings. The monoisotopic (exact) mass is 432 g/mol. The second-order valence-electron chi connectivity index (χ2n) is 7.47. The Balaban J connectivity index is 1.68. The summed E-state index contributed by atoms with van der Waals surface area (Å²) in [5.74, 6) is -0.395. The van der Waals surface area contributed by atoms with Crippen molar-refractivity contribution >= 4 is 5.78 Å². The molecule has 162 valence electrons. The molecular formula is C21H19F3N4O3. The molecule has 0 aliphatic heterocycles. The number of aliphatic hydroxyl groups excluding tert-OH is 1. The Kier molecular flexibility index (Phi) is 5.48. The lowest BCUT2D eigenvalue weighted by atomic mass is 9.78. The maximum Gasteiger partial charge on any atom is 0.573 e. The van der Waals surface area contributed by atoms with Gasteiger partial charge in [0.25, 0.3) is 0 Å². The number of aryl methyl sites for hydroxylation is 1. The number of aromatic nitrogens is 4. The van der Waals surface area contributed by atoms with Crippen LogP contribution in [0.3, 0.4) is 0 Å². The van der Waals surface area contributed by atoms with Crippen LogP contribution in [0.15, 0.2) is 42.7 Å². The van der Waals surface area contributed by atoms with Crippen LogP contribution in [-0.2, 0) is 7.05 Å². The van der Waals surface area contributed by atoms with Gasteiger partial charge in [-0.25, -0.2) is 9.97 Å². The highest BCUT2D eigenvalue weighted by Gasteiger charge is 2.32. The van der Waals surface area contributed by atoms with Crippen LogP contribution in [0, 0.1) is 5.92 Å². The first-order chi connectivity index (χ1) is 14.7. The van der Waals surface area contributed by atoms with Crippen LogP contribution >= 0.6 is 0 Å². The highest BCUT2D eigenvalue weighted by molar-refractivity contribution is 5.95. The summed E-state index contributed by atoms with van der Waals surface area (Å²) in [6, 6.07) is 6.73. The molecule has 31 heavy (non-hydrogen) atoms. The molecule has 0 saturated heterocycles. The molecule has 0 bridgehead atoms. The van der Waals surface area contributed by atoms with Gasteiger partial charge in [0.2, 0.25) is 0 Å². The fourth-order valence-electron chi connectivity index (χ4n) is 3.36. The summed E-state index contributed by atoms with van der Waals surface area (Å²) in [5.41, 5.74) is 1.65. The number of nitrogens with zero attached hydrogens (tertiary/aromatic N) is 4. The number of carbonyl (C=O) groups is 1. The van der Waals surface area contributed by atoms with E-state index in [0.717, 1.165) is 6.42 Å². The summed E-state index contributed by atoms with van der Waals surface area (Å²) in [7, 11) is 1.73. The van der Waals surface area contributed by atoms with Crippen molar-refractivity contribution in [3.63, 3.8) is 0 Å². The molecule has 1 aromatic carbocycles. The van der Waals surface area contributed by atoms with Crippen LogP contribution in [0.5, 0.6) is 5.75 Å². The Morgan fingerprint density at radius 3 is 2.48 bits per heavy atom. The number of hydrogen-bond donors (Lipinski definition) is 1. The van der Waals surface area contributed by atoms with Gasteiger partial charge in [0.1, 0.15) is 11.4 Å². The van der Waals surface area contributed by atoms with E-state index < -0.39 is 12.5 Å². The second kappa shape index (κ2) is 8.10. The van der Waals surface area contributed by atoms with Crippen molar-refractivity contribution in [2.24, 2.45) is 13.0 Å². The number of alkyl halides is 3. The Labute approximate surface area is 175 Å². The number of hydrogen-bond acceptors (Lipinski definition) is 6. The van der Waals surface area contributed by atoms with Gasteiger partial charge in [-0.2, -0.15) is 5.10 Å². The van der Waals surface area contributed by atoms with E-state index in [2.05, 4.69) is 19.8 Å². The SMILES string of the molecule is Cn1cc(-c2nc(C(=O)C[C@@H]3CC[C@H]3O)cc(-c3ccc(OC(F)(F)F)cc3)n2)cn1. The standard InChI is InChI=1S/C21H19F3N4O3/c1-28-11-14(10-25-28)20-26-16(12-2-5-15(6-3-12)31-21(22,23)24)9-17(27-20)19(30)8-13-4-7-18(13)29/h2-3,5-6,9-11,13,18,29H,4,7-8H2,1H3/t13-,18+/m0/s1. The van der Waals surface area contributed by atoms with Crippen LogP contribution in [0.1, 0.15) is 29.8 Å². The third-order valence-corrected chi connectivity index (χ3v) is 5.18. The minimum atomic E-state index is -4.78. The number of carbonyl (C=O) groups excluding carboxylic acids is 1. The fourth-order valence-corrected chi connectivity index (χ4v) is 3.36. The number of rotatable bonds is 6. The molecular weight excluding hydrogens is 413 g/mol. The van der Waals surface area contributed by atoms with Gasteiger partial charge in [0, 0.05) is 25.2 Å².